The Balaban J connectivity index is 1.60. The minimum Gasteiger partial charge on any atom is -0.493 e. The van der Waals surface area contributed by atoms with Gasteiger partial charge >= 0.3 is 0 Å². The number of nitrogens with two attached hydrogens (primary N) is 1. The first-order chi connectivity index (χ1) is 14.1. The summed E-state index contributed by atoms with van der Waals surface area (Å²) in [6, 6.07) is 12.3. The van der Waals surface area contributed by atoms with Crippen molar-refractivity contribution in [1.82, 2.24) is 9.97 Å². The van der Waals surface area contributed by atoms with Gasteiger partial charge in [-0.15, -0.1) is 0 Å². The van der Waals surface area contributed by atoms with E-state index in [0.29, 0.717) is 17.4 Å². The topological polar surface area (TPSA) is 93.0 Å². The Morgan fingerprint density at radius 3 is 2.62 bits per heavy atom. The number of ether oxygens (including phenoxy) is 1. The van der Waals surface area contributed by atoms with E-state index in [2.05, 4.69) is 22.2 Å². The Labute approximate surface area is 170 Å². The number of carbonyl (C=O) groups excluding carboxylic acids is 1. The number of carbonyl (C=O) groups is 1. The summed E-state index contributed by atoms with van der Waals surface area (Å²) >= 11 is 0. The van der Waals surface area contributed by atoms with Crippen LogP contribution < -0.4 is 15.8 Å². The molecule has 1 fully saturated rings. The molecule has 29 heavy (non-hydrogen) atoms. The number of fused-ring (bicyclic) bond motifs is 1. The van der Waals surface area contributed by atoms with E-state index >= 15 is 0 Å². The second-order valence-corrected chi connectivity index (χ2v) is 7.97. The fourth-order valence-electron chi connectivity index (χ4n) is 4.25. The van der Waals surface area contributed by atoms with Gasteiger partial charge in [-0.1, -0.05) is 30.3 Å². The van der Waals surface area contributed by atoms with Gasteiger partial charge in [-0.3, -0.25) is 4.79 Å². The molecule has 6 nitrogen and oxygen atoms in total. The number of hydrogen-bond donors (Lipinski definition) is 3. The van der Waals surface area contributed by atoms with Gasteiger partial charge in [-0.2, -0.15) is 0 Å². The zero-order chi connectivity index (χ0) is 20.4. The second kappa shape index (κ2) is 8.25. The predicted octanol–water partition coefficient (Wildman–Crippen LogP) is 4.33. The molecule has 4 N–H and O–H groups in total. The zero-order valence-corrected chi connectivity index (χ0v) is 16.9. The first-order valence-corrected chi connectivity index (χ1v) is 10.2. The number of rotatable bonds is 5. The van der Waals surface area contributed by atoms with Gasteiger partial charge in [0.05, 0.1) is 19.0 Å². The van der Waals surface area contributed by atoms with E-state index in [1.165, 1.54) is 0 Å². The molecular weight excluding hydrogens is 364 g/mol. The van der Waals surface area contributed by atoms with E-state index in [4.69, 9.17) is 10.5 Å². The van der Waals surface area contributed by atoms with Crippen LogP contribution in [0.4, 0.5) is 5.69 Å². The Bertz CT molecular complexity index is 989. The third-order valence-corrected chi connectivity index (χ3v) is 6.06. The lowest BCUT2D eigenvalue weighted by Crippen LogP contribution is -2.33. The average molecular weight is 393 g/mol. The molecule has 1 saturated carbocycles. The monoisotopic (exact) mass is 392 g/mol. The number of amides is 1. The minimum absolute atomic E-state index is 0.00505. The molecule has 1 amide bonds. The fourth-order valence-corrected chi connectivity index (χ4v) is 4.25. The number of aromatic amines is 1. The van der Waals surface area contributed by atoms with Crippen LogP contribution in [0.15, 0.2) is 42.6 Å². The summed E-state index contributed by atoms with van der Waals surface area (Å²) in [6.07, 6.45) is 5.39. The van der Waals surface area contributed by atoms with Crippen molar-refractivity contribution >= 4 is 22.6 Å². The Morgan fingerprint density at radius 1 is 1.24 bits per heavy atom. The van der Waals surface area contributed by atoms with E-state index < -0.39 is 0 Å². The van der Waals surface area contributed by atoms with E-state index in [1.54, 1.807) is 13.3 Å². The Kier molecular flexibility index (Phi) is 5.53. The third kappa shape index (κ3) is 3.98. The second-order valence-electron chi connectivity index (χ2n) is 7.97. The van der Waals surface area contributed by atoms with Crippen molar-refractivity contribution in [3.8, 4) is 17.0 Å². The number of nitrogens with one attached hydrogen (secondary N) is 2. The van der Waals surface area contributed by atoms with Crippen LogP contribution >= 0.6 is 0 Å². The van der Waals surface area contributed by atoms with Crippen molar-refractivity contribution in [2.75, 3.05) is 12.4 Å². The molecule has 2 heterocycles. The number of H-pyrrole nitrogens is 1. The van der Waals surface area contributed by atoms with Crippen LogP contribution in [0.1, 0.15) is 32.6 Å². The standard InChI is InChI=1S/C23H28N4O2/c1-14(24)15-8-10-17(11-9-15)23(28)27-21-18-12-19(16-6-4-3-5-7-16)26-22(18)25-13-20(21)29-2/h3-7,12-15,17H,8-11,24H2,1-2H3,(H2,25,26,27,28)/t14?,15-,17-. The summed E-state index contributed by atoms with van der Waals surface area (Å²) in [5.74, 6) is 1.12. The van der Waals surface area contributed by atoms with E-state index in [1.807, 2.05) is 36.4 Å². The van der Waals surface area contributed by atoms with Crippen LogP contribution in [-0.4, -0.2) is 29.0 Å². The molecule has 0 saturated heterocycles. The molecule has 0 bridgehead atoms. The van der Waals surface area contributed by atoms with E-state index in [9.17, 15) is 4.79 Å². The Hall–Kier alpha value is -2.86. The van der Waals surface area contributed by atoms with Crippen LogP contribution in [0.2, 0.25) is 0 Å². The molecule has 1 atom stereocenters. The number of hydrogen-bond acceptors (Lipinski definition) is 4. The quantitative estimate of drug-likeness (QED) is 0.602. The van der Waals surface area contributed by atoms with Crippen molar-refractivity contribution in [2.24, 2.45) is 17.6 Å². The Morgan fingerprint density at radius 2 is 1.97 bits per heavy atom. The number of nitrogens with zero attached hydrogens (tertiary/aromatic N) is 1. The molecule has 1 unspecified atom stereocenters. The summed E-state index contributed by atoms with van der Waals surface area (Å²) < 4.78 is 5.50. The zero-order valence-electron chi connectivity index (χ0n) is 16.9. The molecular formula is C23H28N4O2. The molecule has 0 aliphatic heterocycles. The summed E-state index contributed by atoms with van der Waals surface area (Å²) in [6.45, 7) is 2.06. The van der Waals surface area contributed by atoms with Gasteiger partial charge in [0.2, 0.25) is 5.91 Å². The van der Waals surface area contributed by atoms with Crippen molar-refractivity contribution in [2.45, 2.75) is 38.6 Å². The van der Waals surface area contributed by atoms with Gasteiger partial charge in [-0.25, -0.2) is 4.98 Å². The van der Waals surface area contributed by atoms with Crippen LogP contribution in [0.5, 0.6) is 5.75 Å². The minimum atomic E-state index is 0.00505. The summed E-state index contributed by atoms with van der Waals surface area (Å²) in [5, 5.41) is 3.98. The highest BCUT2D eigenvalue weighted by atomic mass is 16.5. The SMILES string of the molecule is COc1cnc2[nH]c(-c3ccccc3)cc2c1NC(=O)[C@H]1CC[C@H](C(C)N)CC1. The molecule has 0 radical (unpaired) electrons. The smallest absolute Gasteiger partial charge is 0.227 e. The van der Waals surface area contributed by atoms with Gasteiger partial charge in [0, 0.05) is 23.0 Å². The summed E-state index contributed by atoms with van der Waals surface area (Å²) in [4.78, 5) is 20.8. The van der Waals surface area contributed by atoms with Crippen LogP contribution in [0, 0.1) is 11.8 Å². The van der Waals surface area contributed by atoms with Crippen molar-refractivity contribution in [1.29, 1.82) is 0 Å². The first-order valence-electron chi connectivity index (χ1n) is 10.2. The van der Waals surface area contributed by atoms with Crippen molar-refractivity contribution in [3.05, 3.63) is 42.6 Å². The van der Waals surface area contributed by atoms with Crippen LogP contribution in [0.3, 0.4) is 0 Å². The van der Waals surface area contributed by atoms with Crippen LogP contribution in [-0.2, 0) is 4.79 Å². The van der Waals surface area contributed by atoms with Crippen molar-refractivity contribution in [3.63, 3.8) is 0 Å². The lowest BCUT2D eigenvalue weighted by Gasteiger charge is -2.30. The lowest BCUT2D eigenvalue weighted by atomic mass is 9.79. The molecule has 152 valence electrons. The number of benzene rings is 1. The van der Waals surface area contributed by atoms with Gasteiger partial charge in [0.1, 0.15) is 5.65 Å². The highest BCUT2D eigenvalue weighted by Crippen LogP contribution is 2.36. The predicted molar refractivity (Wildman–Crippen MR) is 116 cm³/mol. The van der Waals surface area contributed by atoms with Gasteiger partial charge in [-0.05, 0) is 50.2 Å². The molecule has 1 aromatic carbocycles. The maximum atomic E-state index is 13.0. The number of anilines is 1. The highest BCUT2D eigenvalue weighted by Gasteiger charge is 2.29. The molecule has 2 aromatic heterocycles. The number of aromatic nitrogens is 2. The first kappa shape index (κ1) is 19.5. The largest absolute Gasteiger partial charge is 0.493 e. The average Bonchev–Trinajstić information content (AvgIpc) is 3.19. The molecule has 1 aliphatic rings. The molecule has 3 aromatic rings. The van der Waals surface area contributed by atoms with E-state index in [-0.39, 0.29) is 17.9 Å². The maximum Gasteiger partial charge on any atom is 0.227 e. The van der Waals surface area contributed by atoms with Gasteiger partial charge in [0.15, 0.2) is 5.75 Å². The van der Waals surface area contributed by atoms with Gasteiger partial charge < -0.3 is 20.8 Å². The highest BCUT2D eigenvalue weighted by molar-refractivity contribution is 6.04. The number of pyridine rings is 1. The van der Waals surface area contributed by atoms with E-state index in [0.717, 1.165) is 48.0 Å². The van der Waals surface area contributed by atoms with Gasteiger partial charge in [0.25, 0.3) is 0 Å². The van der Waals surface area contributed by atoms with Crippen molar-refractivity contribution < 1.29 is 9.53 Å². The molecule has 4 rings (SSSR count). The third-order valence-electron chi connectivity index (χ3n) is 6.06. The molecule has 6 heteroatoms. The fraction of sp³-hybridized carbons (Fsp3) is 0.391. The lowest BCUT2D eigenvalue weighted by molar-refractivity contribution is -0.121. The summed E-state index contributed by atoms with van der Waals surface area (Å²) in [5.41, 5.74) is 9.45. The summed E-state index contributed by atoms with van der Waals surface area (Å²) in [7, 11) is 1.59. The molecule has 0 spiro atoms. The molecule has 1 aliphatic carbocycles. The number of methoxy groups -OCH3 is 1. The van der Waals surface area contributed by atoms with Crippen LogP contribution in [0.25, 0.3) is 22.3 Å². The maximum absolute atomic E-state index is 13.0. The normalized spacial score (nSPS) is 20.4.